The van der Waals surface area contributed by atoms with E-state index in [-0.39, 0.29) is 24.0 Å². The second-order valence-electron chi connectivity index (χ2n) is 6.99. The Bertz CT molecular complexity index is 695. The number of hydrogen-bond donors (Lipinski definition) is 3. The van der Waals surface area contributed by atoms with Crippen LogP contribution in [-0.4, -0.2) is 31.2 Å². The summed E-state index contributed by atoms with van der Waals surface area (Å²) in [6.45, 7) is 3.83. The summed E-state index contributed by atoms with van der Waals surface area (Å²) in [5.74, 6) is -0.0158. The van der Waals surface area contributed by atoms with E-state index in [1.165, 1.54) is 19.4 Å². The fourth-order valence-corrected chi connectivity index (χ4v) is 3.24. The van der Waals surface area contributed by atoms with Crippen LogP contribution in [0.25, 0.3) is 0 Å². The summed E-state index contributed by atoms with van der Waals surface area (Å²) in [6.07, 6.45) is -0.0912. The number of rotatable bonds is 6. The summed E-state index contributed by atoms with van der Waals surface area (Å²) in [7, 11) is 0. The van der Waals surface area contributed by atoms with Crippen molar-refractivity contribution in [3.63, 3.8) is 0 Å². The first-order chi connectivity index (χ1) is 13.2. The number of benzene rings is 1. The maximum Gasteiger partial charge on any atom is 0.418 e. The quantitative estimate of drug-likeness (QED) is 0.619. The van der Waals surface area contributed by atoms with Gasteiger partial charge in [0.05, 0.1) is 24.0 Å². The minimum Gasteiger partial charge on any atom is -0.376 e. The van der Waals surface area contributed by atoms with Crippen molar-refractivity contribution in [2.24, 2.45) is 5.92 Å². The number of alkyl halides is 3. The molecule has 0 aromatic heterocycles. The van der Waals surface area contributed by atoms with Crippen LogP contribution in [0, 0.1) is 5.92 Å². The van der Waals surface area contributed by atoms with Crippen LogP contribution >= 0.6 is 0 Å². The fraction of sp³-hybridized carbons (Fsp3) is 0.579. The van der Waals surface area contributed by atoms with Gasteiger partial charge >= 0.3 is 12.2 Å². The van der Waals surface area contributed by atoms with Crippen LogP contribution in [0.5, 0.6) is 0 Å². The monoisotopic (exact) mass is 401 g/mol. The highest BCUT2D eigenvalue weighted by Gasteiger charge is 2.34. The highest BCUT2D eigenvalue weighted by atomic mass is 19.4. The molecule has 0 bridgehead atoms. The normalized spacial score (nSPS) is 19.8. The van der Waals surface area contributed by atoms with Gasteiger partial charge in [0.1, 0.15) is 0 Å². The van der Waals surface area contributed by atoms with Crippen molar-refractivity contribution >= 4 is 23.3 Å². The second-order valence-corrected chi connectivity index (χ2v) is 6.99. The molecule has 1 fully saturated rings. The van der Waals surface area contributed by atoms with E-state index in [2.05, 4.69) is 22.9 Å². The first-order valence-electron chi connectivity index (χ1n) is 9.32. The Morgan fingerprint density at radius 1 is 1.18 bits per heavy atom. The lowest BCUT2D eigenvalue weighted by molar-refractivity contribution is -0.137. The number of ether oxygens (including phenoxy) is 1. The maximum atomic E-state index is 13.3. The van der Waals surface area contributed by atoms with E-state index in [4.69, 9.17) is 4.74 Å². The van der Waals surface area contributed by atoms with E-state index in [0.717, 1.165) is 31.4 Å². The Hall–Kier alpha value is -2.29. The van der Waals surface area contributed by atoms with Gasteiger partial charge in [-0.2, -0.15) is 13.2 Å². The molecule has 0 spiro atoms. The van der Waals surface area contributed by atoms with E-state index in [1.54, 1.807) is 0 Å². The molecule has 2 atom stereocenters. The molecule has 1 aromatic rings. The van der Waals surface area contributed by atoms with E-state index >= 15 is 0 Å². The molecule has 0 aliphatic heterocycles. The largest absolute Gasteiger partial charge is 0.418 e. The third-order valence-corrected chi connectivity index (χ3v) is 4.65. The van der Waals surface area contributed by atoms with Gasteiger partial charge in [-0.05, 0) is 37.0 Å². The lowest BCUT2D eigenvalue weighted by atomic mass is 9.88. The number of anilines is 2. The number of carbonyl (C=O) groups excluding carboxylic acids is 2. The molecule has 1 aliphatic carbocycles. The summed E-state index contributed by atoms with van der Waals surface area (Å²) < 4.78 is 45.5. The number of amides is 3. The number of halogens is 3. The molecule has 3 N–H and O–H groups in total. The van der Waals surface area contributed by atoms with Gasteiger partial charge in [0.15, 0.2) is 0 Å². The lowest BCUT2D eigenvalue weighted by Gasteiger charge is -2.28. The van der Waals surface area contributed by atoms with Gasteiger partial charge < -0.3 is 20.7 Å². The third-order valence-electron chi connectivity index (χ3n) is 4.65. The van der Waals surface area contributed by atoms with Crippen molar-refractivity contribution in [3.05, 3.63) is 23.8 Å². The van der Waals surface area contributed by atoms with Crippen LogP contribution in [0.1, 0.15) is 45.1 Å². The predicted molar refractivity (Wildman–Crippen MR) is 100 cm³/mol. The van der Waals surface area contributed by atoms with Crippen LogP contribution in [0.3, 0.4) is 0 Å². The lowest BCUT2D eigenvalue weighted by Crippen LogP contribution is -2.34. The summed E-state index contributed by atoms with van der Waals surface area (Å²) >= 11 is 0. The zero-order valence-electron chi connectivity index (χ0n) is 16.0. The van der Waals surface area contributed by atoms with Gasteiger partial charge in [-0.1, -0.05) is 19.8 Å². The number of carbonyl (C=O) groups is 2. The SMILES string of the molecule is CC(=O)Nc1ccc(NC(=O)NCCO[C@H]2CCCC[C@H]2C)c(C(F)(F)F)c1. The Morgan fingerprint density at radius 3 is 2.54 bits per heavy atom. The molecule has 1 aliphatic rings. The molecule has 28 heavy (non-hydrogen) atoms. The van der Waals surface area contributed by atoms with Gasteiger partial charge in [-0.25, -0.2) is 4.79 Å². The Balaban J connectivity index is 1.89. The molecule has 1 saturated carbocycles. The molecule has 6 nitrogen and oxygen atoms in total. The van der Waals surface area contributed by atoms with E-state index in [1.807, 2.05) is 0 Å². The van der Waals surface area contributed by atoms with Crippen LogP contribution in [0.4, 0.5) is 29.3 Å². The van der Waals surface area contributed by atoms with Crippen molar-refractivity contribution in [2.45, 2.75) is 51.8 Å². The second kappa shape index (κ2) is 9.77. The van der Waals surface area contributed by atoms with Crippen molar-refractivity contribution in [2.75, 3.05) is 23.8 Å². The summed E-state index contributed by atoms with van der Waals surface area (Å²) in [5.41, 5.74) is -1.43. The Morgan fingerprint density at radius 2 is 1.89 bits per heavy atom. The molecular formula is C19H26F3N3O3. The van der Waals surface area contributed by atoms with Crippen LogP contribution < -0.4 is 16.0 Å². The molecule has 0 heterocycles. The molecule has 0 saturated heterocycles. The first-order valence-corrected chi connectivity index (χ1v) is 9.32. The highest BCUT2D eigenvalue weighted by molar-refractivity contribution is 5.92. The zero-order chi connectivity index (χ0) is 20.7. The van der Waals surface area contributed by atoms with Gasteiger partial charge in [-0.3, -0.25) is 4.79 Å². The molecule has 9 heteroatoms. The third kappa shape index (κ3) is 6.70. The standard InChI is InChI=1S/C19H26F3N3O3/c1-12-5-3-4-6-17(12)28-10-9-23-18(27)25-16-8-7-14(24-13(2)26)11-15(16)19(20,21)22/h7-8,11-12,17H,3-6,9-10H2,1-2H3,(H,24,26)(H2,23,25,27)/t12-,17+/m1/s1. The highest BCUT2D eigenvalue weighted by Crippen LogP contribution is 2.36. The average Bonchev–Trinajstić information content (AvgIpc) is 2.60. The van der Waals surface area contributed by atoms with Gasteiger partial charge in [0, 0.05) is 19.2 Å². The van der Waals surface area contributed by atoms with Crippen molar-refractivity contribution < 1.29 is 27.5 Å². The number of urea groups is 1. The van der Waals surface area contributed by atoms with Crippen LogP contribution in [-0.2, 0) is 15.7 Å². The van der Waals surface area contributed by atoms with Crippen LogP contribution in [0.2, 0.25) is 0 Å². The smallest absolute Gasteiger partial charge is 0.376 e. The average molecular weight is 401 g/mol. The first kappa shape index (κ1) is 22.0. The number of hydrogen-bond acceptors (Lipinski definition) is 3. The van der Waals surface area contributed by atoms with Crippen LogP contribution in [0.15, 0.2) is 18.2 Å². The molecule has 2 rings (SSSR count). The fourth-order valence-electron chi connectivity index (χ4n) is 3.24. The van der Waals surface area contributed by atoms with E-state index in [0.29, 0.717) is 12.5 Å². The minimum absolute atomic E-state index is 0.000727. The van der Waals surface area contributed by atoms with E-state index < -0.39 is 23.7 Å². The van der Waals surface area contributed by atoms with Crippen molar-refractivity contribution in [3.8, 4) is 0 Å². The van der Waals surface area contributed by atoms with Crippen molar-refractivity contribution in [1.82, 2.24) is 5.32 Å². The molecule has 1 aromatic carbocycles. The van der Waals surface area contributed by atoms with Gasteiger partial charge in [0.2, 0.25) is 5.91 Å². The Labute approximate surface area is 162 Å². The molecule has 0 unspecified atom stereocenters. The number of nitrogens with one attached hydrogen (secondary N) is 3. The molecular weight excluding hydrogens is 375 g/mol. The Kier molecular flexibility index (Phi) is 7.68. The van der Waals surface area contributed by atoms with Gasteiger partial charge in [-0.15, -0.1) is 0 Å². The summed E-state index contributed by atoms with van der Waals surface area (Å²) in [5, 5.41) is 7.00. The summed E-state index contributed by atoms with van der Waals surface area (Å²) in [6, 6.07) is 2.43. The molecule has 156 valence electrons. The van der Waals surface area contributed by atoms with E-state index in [9.17, 15) is 22.8 Å². The summed E-state index contributed by atoms with van der Waals surface area (Å²) in [4.78, 5) is 23.0. The maximum absolute atomic E-state index is 13.3. The topological polar surface area (TPSA) is 79.5 Å². The minimum atomic E-state index is -4.68. The van der Waals surface area contributed by atoms with Gasteiger partial charge in [0.25, 0.3) is 0 Å². The zero-order valence-corrected chi connectivity index (χ0v) is 16.0. The molecule has 0 radical (unpaired) electrons. The predicted octanol–water partition coefficient (Wildman–Crippen LogP) is 4.38. The molecule has 3 amide bonds. The van der Waals surface area contributed by atoms with Crippen molar-refractivity contribution in [1.29, 1.82) is 0 Å².